The molecule has 0 radical (unpaired) electrons. The average molecular weight is 605 g/mol. The second-order valence-corrected chi connectivity index (χ2v) is 12.3. The van der Waals surface area contributed by atoms with E-state index in [1.54, 1.807) is 0 Å². The van der Waals surface area contributed by atoms with Crippen molar-refractivity contribution in [2.75, 3.05) is 5.32 Å². The molecule has 8 aromatic rings. The van der Waals surface area contributed by atoms with Crippen molar-refractivity contribution in [2.24, 2.45) is 0 Å². The van der Waals surface area contributed by atoms with Crippen LogP contribution in [0.1, 0.15) is 11.1 Å². The number of aryl methyl sites for hydroxylation is 1. The van der Waals surface area contributed by atoms with Crippen molar-refractivity contribution in [3.8, 4) is 56.0 Å². The first-order valence-electron chi connectivity index (χ1n) is 16.1. The van der Waals surface area contributed by atoms with Gasteiger partial charge in [-0.2, -0.15) is 0 Å². The van der Waals surface area contributed by atoms with Crippen molar-refractivity contribution in [1.29, 1.82) is 0 Å². The molecule has 1 aromatic heterocycles. The second-order valence-electron chi connectivity index (χ2n) is 12.3. The van der Waals surface area contributed by atoms with Gasteiger partial charge in [-0.15, -0.1) is 0 Å². The van der Waals surface area contributed by atoms with Gasteiger partial charge in [0.05, 0.1) is 16.9 Å². The third-order valence-corrected chi connectivity index (χ3v) is 9.63. The van der Waals surface area contributed by atoms with Gasteiger partial charge in [0.1, 0.15) is 0 Å². The van der Waals surface area contributed by atoms with Gasteiger partial charge in [-0.25, -0.2) is 0 Å². The number of aromatic nitrogens is 1. The summed E-state index contributed by atoms with van der Waals surface area (Å²) >= 11 is 0. The number of H-pyrrole nitrogens is 1. The van der Waals surface area contributed by atoms with E-state index < -0.39 is 0 Å². The lowest BCUT2D eigenvalue weighted by atomic mass is 9.83. The van der Waals surface area contributed by atoms with Gasteiger partial charge in [-0.1, -0.05) is 121 Å². The highest BCUT2D eigenvalue weighted by Gasteiger charge is 2.27. The Morgan fingerprint density at radius 3 is 1.94 bits per heavy atom. The Labute approximate surface area is 274 Å². The molecule has 2 N–H and O–H groups in total. The number of anilines is 2. The number of fused-ring (bicyclic) bond motifs is 5. The lowest BCUT2D eigenvalue weighted by Crippen LogP contribution is -2.07. The fourth-order valence-corrected chi connectivity index (χ4v) is 7.26. The summed E-state index contributed by atoms with van der Waals surface area (Å²) < 4.78 is 6.58. The van der Waals surface area contributed by atoms with Crippen molar-refractivity contribution in [3.05, 3.63) is 157 Å². The van der Waals surface area contributed by atoms with E-state index in [2.05, 4.69) is 152 Å². The smallest absolute Gasteiger partial charge is 0.151 e. The molecule has 0 spiro atoms. The zero-order chi connectivity index (χ0) is 31.5. The van der Waals surface area contributed by atoms with Gasteiger partial charge in [0.2, 0.25) is 0 Å². The van der Waals surface area contributed by atoms with Crippen molar-refractivity contribution in [3.63, 3.8) is 0 Å². The van der Waals surface area contributed by atoms with E-state index in [-0.39, 0.29) is 0 Å². The SMILES string of the molecule is Cc1cc2c(c(-c3c(-c4ccccc4-c4ccccc4-c4ccccc4)ccc4c3[nH]c3ccccc34)c1C)Nc1ccccc1O2. The highest BCUT2D eigenvalue weighted by molar-refractivity contribution is 6.17. The molecule has 1 aliphatic rings. The van der Waals surface area contributed by atoms with Crippen LogP contribution in [0.5, 0.6) is 11.5 Å². The van der Waals surface area contributed by atoms with Crippen molar-refractivity contribution in [1.82, 2.24) is 4.98 Å². The maximum absolute atomic E-state index is 6.58. The molecule has 0 amide bonds. The van der Waals surface area contributed by atoms with E-state index in [4.69, 9.17) is 4.74 Å². The minimum atomic E-state index is 0.834. The fraction of sp³-hybridized carbons (Fsp3) is 0.0455. The molecule has 0 aliphatic carbocycles. The van der Waals surface area contributed by atoms with Gasteiger partial charge in [0.25, 0.3) is 0 Å². The third-order valence-electron chi connectivity index (χ3n) is 9.63. The lowest BCUT2D eigenvalue weighted by Gasteiger charge is -2.28. The summed E-state index contributed by atoms with van der Waals surface area (Å²) in [6, 6.07) is 51.7. The molecular formula is C44H32N2O. The number of aromatic amines is 1. The van der Waals surface area contributed by atoms with Crippen LogP contribution in [-0.4, -0.2) is 4.98 Å². The first-order chi connectivity index (χ1) is 23.2. The molecule has 0 bridgehead atoms. The minimum Gasteiger partial charge on any atom is -0.453 e. The number of hydrogen-bond acceptors (Lipinski definition) is 2. The first kappa shape index (κ1) is 27.3. The van der Waals surface area contributed by atoms with Crippen LogP contribution in [0.4, 0.5) is 11.4 Å². The molecule has 2 heterocycles. The monoisotopic (exact) mass is 604 g/mol. The molecular weight excluding hydrogens is 572 g/mol. The molecule has 0 unspecified atom stereocenters. The fourth-order valence-electron chi connectivity index (χ4n) is 7.26. The topological polar surface area (TPSA) is 37.0 Å². The first-order valence-corrected chi connectivity index (χ1v) is 16.1. The predicted molar refractivity (Wildman–Crippen MR) is 197 cm³/mol. The predicted octanol–water partition coefficient (Wildman–Crippen LogP) is 12.5. The van der Waals surface area contributed by atoms with Crippen LogP contribution in [0.25, 0.3) is 66.3 Å². The zero-order valence-corrected chi connectivity index (χ0v) is 26.3. The Balaban J connectivity index is 1.38. The number of benzene rings is 7. The highest BCUT2D eigenvalue weighted by Crippen LogP contribution is 2.53. The number of ether oxygens (including phenoxy) is 1. The number of rotatable bonds is 4. The molecule has 1 aliphatic heterocycles. The van der Waals surface area contributed by atoms with Crippen LogP contribution in [0.2, 0.25) is 0 Å². The molecule has 0 saturated heterocycles. The van der Waals surface area contributed by atoms with Gasteiger partial charge < -0.3 is 15.0 Å². The van der Waals surface area contributed by atoms with Crippen LogP contribution in [0, 0.1) is 13.8 Å². The van der Waals surface area contributed by atoms with Crippen LogP contribution in [-0.2, 0) is 0 Å². The maximum atomic E-state index is 6.58. The molecule has 7 aromatic carbocycles. The molecule has 0 fully saturated rings. The van der Waals surface area contributed by atoms with E-state index >= 15 is 0 Å². The summed E-state index contributed by atoms with van der Waals surface area (Å²) in [6.45, 7) is 4.41. The van der Waals surface area contributed by atoms with Gasteiger partial charge in [0, 0.05) is 27.4 Å². The normalized spacial score (nSPS) is 12.0. The zero-order valence-electron chi connectivity index (χ0n) is 26.3. The Bertz CT molecular complexity index is 2490. The standard InChI is InChI=1S/C44H32N2O/c1-27-26-40-44(46-38-22-12-13-23-39(38)47-40)41(28(27)2)42-35(24-25-36-34-20-10-11-21-37(34)45-43(36)42)33-19-9-8-18-32(33)31-17-7-6-16-30(31)29-14-4-3-5-15-29/h3-26,45-46H,1-2H3. The minimum absolute atomic E-state index is 0.834. The van der Waals surface area contributed by atoms with Crippen LogP contribution >= 0.6 is 0 Å². The quantitative estimate of drug-likeness (QED) is 0.210. The molecule has 3 heteroatoms. The average Bonchev–Trinajstić information content (AvgIpc) is 3.51. The highest BCUT2D eigenvalue weighted by atomic mass is 16.5. The van der Waals surface area contributed by atoms with E-state index in [0.29, 0.717) is 0 Å². The molecule has 0 saturated carbocycles. The Kier molecular flexibility index (Phi) is 6.26. The lowest BCUT2D eigenvalue weighted by molar-refractivity contribution is 0.481. The Morgan fingerprint density at radius 1 is 0.489 bits per heavy atom. The largest absolute Gasteiger partial charge is 0.453 e. The Morgan fingerprint density at radius 2 is 1.13 bits per heavy atom. The molecule has 224 valence electrons. The van der Waals surface area contributed by atoms with Gasteiger partial charge in [-0.05, 0) is 82.6 Å². The summed E-state index contributed by atoms with van der Waals surface area (Å²) in [5, 5.41) is 6.21. The Hall–Kier alpha value is -6.06. The summed E-state index contributed by atoms with van der Waals surface area (Å²) in [4.78, 5) is 3.86. The second kappa shape index (κ2) is 10.8. The third kappa shape index (κ3) is 4.35. The summed E-state index contributed by atoms with van der Waals surface area (Å²) in [5.74, 6) is 1.67. The van der Waals surface area contributed by atoms with E-state index in [1.165, 1.54) is 55.3 Å². The van der Waals surface area contributed by atoms with Crippen molar-refractivity contribution < 1.29 is 4.74 Å². The van der Waals surface area contributed by atoms with Crippen molar-refractivity contribution >= 4 is 33.2 Å². The van der Waals surface area contributed by atoms with E-state index in [1.807, 2.05) is 18.2 Å². The van der Waals surface area contributed by atoms with E-state index in [9.17, 15) is 0 Å². The van der Waals surface area contributed by atoms with Crippen LogP contribution in [0.3, 0.4) is 0 Å². The van der Waals surface area contributed by atoms with Gasteiger partial charge >= 0.3 is 0 Å². The summed E-state index contributed by atoms with van der Waals surface area (Å²) in [5.41, 5.74) is 16.1. The van der Waals surface area contributed by atoms with Gasteiger partial charge in [-0.3, -0.25) is 0 Å². The maximum Gasteiger partial charge on any atom is 0.151 e. The van der Waals surface area contributed by atoms with Crippen LogP contribution < -0.4 is 10.1 Å². The van der Waals surface area contributed by atoms with Gasteiger partial charge in [0.15, 0.2) is 11.5 Å². The van der Waals surface area contributed by atoms with Crippen molar-refractivity contribution in [2.45, 2.75) is 13.8 Å². The number of nitrogens with one attached hydrogen (secondary N) is 2. The van der Waals surface area contributed by atoms with E-state index in [0.717, 1.165) is 45.0 Å². The number of para-hydroxylation sites is 3. The molecule has 9 rings (SSSR count). The molecule has 3 nitrogen and oxygen atoms in total. The summed E-state index contributed by atoms with van der Waals surface area (Å²) in [7, 11) is 0. The van der Waals surface area contributed by atoms with Crippen LogP contribution in [0.15, 0.2) is 146 Å². The number of hydrogen-bond donors (Lipinski definition) is 2. The molecule has 47 heavy (non-hydrogen) atoms. The summed E-state index contributed by atoms with van der Waals surface area (Å²) in [6.07, 6.45) is 0. The molecule has 0 atom stereocenters.